The predicted molar refractivity (Wildman–Crippen MR) is 76.7 cm³/mol. The van der Waals surface area contributed by atoms with Crippen LogP contribution in [0.15, 0.2) is 0 Å². The summed E-state index contributed by atoms with van der Waals surface area (Å²) in [6, 6.07) is -0.562. The summed E-state index contributed by atoms with van der Waals surface area (Å²) in [6.45, 7) is 6.40. The number of hydrogen-bond donors (Lipinski definition) is 2. The number of anilines is 1. The Kier molecular flexibility index (Phi) is 6.12. The number of aliphatic hydroxyl groups is 1. The molecule has 0 fully saturated rings. The Labute approximate surface area is 130 Å². The molecule has 0 bridgehead atoms. The van der Waals surface area contributed by atoms with Crippen LogP contribution in [0.1, 0.15) is 32.2 Å². The van der Waals surface area contributed by atoms with Crippen molar-refractivity contribution < 1.29 is 23.1 Å². The van der Waals surface area contributed by atoms with Gasteiger partial charge in [0.15, 0.2) is 0 Å². The van der Waals surface area contributed by atoms with Gasteiger partial charge in [0.2, 0.25) is 10.1 Å². The number of nitrogens with zero attached hydrogens (tertiary/aromatic N) is 3. The number of nitrogens with one attached hydrogen (secondary N) is 1. The fraction of sp³-hybridized carbons (Fsp3) is 0.750. The van der Waals surface area contributed by atoms with E-state index in [1.807, 2.05) is 20.8 Å². The van der Waals surface area contributed by atoms with Crippen molar-refractivity contribution in [3.8, 4) is 0 Å². The average molecular weight is 340 g/mol. The fourth-order valence-corrected chi connectivity index (χ4v) is 2.25. The van der Waals surface area contributed by atoms with Crippen molar-refractivity contribution in [3.05, 3.63) is 5.01 Å². The van der Waals surface area contributed by atoms with E-state index in [0.717, 1.165) is 0 Å². The lowest BCUT2D eigenvalue weighted by Crippen LogP contribution is -2.41. The van der Waals surface area contributed by atoms with Crippen molar-refractivity contribution in [3.63, 3.8) is 0 Å². The third-order valence-corrected chi connectivity index (χ3v) is 3.30. The minimum absolute atomic E-state index is 0.0784. The smallest absolute Gasteiger partial charge is 0.396 e. The van der Waals surface area contributed by atoms with Crippen LogP contribution < -0.4 is 5.32 Å². The van der Waals surface area contributed by atoms with E-state index in [9.17, 15) is 18.0 Å². The molecule has 0 saturated carbocycles. The Morgan fingerprint density at radius 2 is 1.95 bits per heavy atom. The van der Waals surface area contributed by atoms with Gasteiger partial charge in [-0.15, -0.1) is 10.2 Å². The molecule has 1 aromatic heterocycles. The number of aromatic nitrogens is 2. The van der Waals surface area contributed by atoms with Crippen LogP contribution in [-0.2, 0) is 6.18 Å². The lowest BCUT2D eigenvalue weighted by Gasteiger charge is -2.29. The molecule has 0 spiro atoms. The highest BCUT2D eigenvalue weighted by Gasteiger charge is 2.36. The Balaban J connectivity index is 2.75. The maximum Gasteiger partial charge on any atom is 0.445 e. The Hall–Kier alpha value is -1.42. The quantitative estimate of drug-likeness (QED) is 0.864. The minimum atomic E-state index is -4.58. The highest BCUT2D eigenvalue weighted by Crippen LogP contribution is 2.33. The molecule has 6 nitrogen and oxygen atoms in total. The molecular formula is C12H19F3N4O2S. The molecule has 2 N–H and O–H groups in total. The first-order valence-corrected chi connectivity index (χ1v) is 7.42. The number of carbonyl (C=O) groups excluding carboxylic acids is 1. The first-order chi connectivity index (χ1) is 10.0. The van der Waals surface area contributed by atoms with Gasteiger partial charge in [0, 0.05) is 19.7 Å². The summed E-state index contributed by atoms with van der Waals surface area (Å²) in [5.74, 6) is 0. The maximum atomic E-state index is 12.4. The second kappa shape index (κ2) is 7.23. The van der Waals surface area contributed by atoms with Crippen LogP contribution in [0.25, 0.3) is 0 Å². The summed E-state index contributed by atoms with van der Waals surface area (Å²) in [5.41, 5.74) is -0.189. The van der Waals surface area contributed by atoms with Crippen LogP contribution >= 0.6 is 11.3 Å². The van der Waals surface area contributed by atoms with E-state index < -0.39 is 17.2 Å². The normalized spacial score (nSPS) is 12.3. The average Bonchev–Trinajstić information content (AvgIpc) is 2.81. The van der Waals surface area contributed by atoms with Crippen molar-refractivity contribution in [2.45, 2.75) is 33.4 Å². The van der Waals surface area contributed by atoms with E-state index in [0.29, 0.717) is 19.5 Å². The first kappa shape index (κ1) is 18.6. The van der Waals surface area contributed by atoms with E-state index in [1.54, 1.807) is 0 Å². The molecule has 1 heterocycles. The Bertz CT molecular complexity index is 499. The van der Waals surface area contributed by atoms with Crippen molar-refractivity contribution >= 4 is 22.5 Å². The topological polar surface area (TPSA) is 78.4 Å². The van der Waals surface area contributed by atoms with E-state index in [-0.39, 0.29) is 28.5 Å². The molecule has 2 amide bonds. The van der Waals surface area contributed by atoms with Crippen LogP contribution in [0, 0.1) is 5.41 Å². The second-order valence-electron chi connectivity index (χ2n) is 5.90. The first-order valence-electron chi connectivity index (χ1n) is 6.60. The summed E-state index contributed by atoms with van der Waals surface area (Å²) in [4.78, 5) is 13.6. The van der Waals surface area contributed by atoms with Gasteiger partial charge in [0.05, 0.1) is 0 Å². The van der Waals surface area contributed by atoms with E-state index >= 15 is 0 Å². The maximum absolute atomic E-state index is 12.4. The predicted octanol–water partition coefficient (Wildman–Crippen LogP) is 2.82. The third kappa shape index (κ3) is 6.14. The number of aliphatic hydroxyl groups excluding tert-OH is 1. The number of rotatable bonds is 5. The number of carbonyl (C=O) groups is 1. The number of urea groups is 1. The molecular weight excluding hydrogens is 321 g/mol. The van der Waals surface area contributed by atoms with E-state index in [2.05, 4.69) is 15.5 Å². The van der Waals surface area contributed by atoms with Crippen molar-refractivity contribution in [1.29, 1.82) is 0 Å². The molecule has 0 unspecified atom stereocenters. The summed E-state index contributed by atoms with van der Waals surface area (Å²) in [7, 11) is 0. The van der Waals surface area contributed by atoms with Gasteiger partial charge in [0.1, 0.15) is 0 Å². The Morgan fingerprint density at radius 3 is 2.41 bits per heavy atom. The van der Waals surface area contributed by atoms with Gasteiger partial charge in [-0.3, -0.25) is 5.32 Å². The zero-order valence-corrected chi connectivity index (χ0v) is 13.4. The van der Waals surface area contributed by atoms with Crippen molar-refractivity contribution in [1.82, 2.24) is 15.1 Å². The van der Waals surface area contributed by atoms with Gasteiger partial charge in [-0.1, -0.05) is 32.1 Å². The standard InChI is InChI=1S/C12H19F3N4O2S/c1-11(2,3)7-19(5-4-6-20)10(21)16-9-18-17-8(22-9)12(13,14)15/h20H,4-7H2,1-3H3,(H,16,18,21). The zero-order valence-electron chi connectivity index (χ0n) is 12.6. The molecule has 22 heavy (non-hydrogen) atoms. The SMILES string of the molecule is CC(C)(C)CN(CCCO)C(=O)Nc1nnc(C(F)(F)F)s1. The lowest BCUT2D eigenvalue weighted by molar-refractivity contribution is -0.138. The molecule has 0 aliphatic heterocycles. The van der Waals surface area contributed by atoms with Gasteiger partial charge in [-0.05, 0) is 11.8 Å². The van der Waals surface area contributed by atoms with Crippen molar-refractivity contribution in [2.24, 2.45) is 5.41 Å². The van der Waals surface area contributed by atoms with E-state index in [4.69, 9.17) is 5.11 Å². The molecule has 10 heteroatoms. The van der Waals surface area contributed by atoms with Gasteiger partial charge in [-0.25, -0.2) is 4.79 Å². The van der Waals surface area contributed by atoms with E-state index in [1.165, 1.54) is 4.90 Å². The van der Waals surface area contributed by atoms with Gasteiger partial charge < -0.3 is 10.0 Å². The summed E-state index contributed by atoms with van der Waals surface area (Å²) in [5, 5.41) is 16.2. The molecule has 0 aliphatic carbocycles. The Morgan fingerprint density at radius 1 is 1.32 bits per heavy atom. The number of halogens is 3. The summed E-state index contributed by atoms with van der Waals surface area (Å²) >= 11 is 0.272. The van der Waals surface area contributed by atoms with Crippen LogP contribution in [0.5, 0.6) is 0 Å². The lowest BCUT2D eigenvalue weighted by atomic mass is 9.96. The molecule has 126 valence electrons. The molecule has 0 atom stereocenters. The monoisotopic (exact) mass is 340 g/mol. The van der Waals surface area contributed by atoms with Crippen LogP contribution in [0.3, 0.4) is 0 Å². The third-order valence-electron chi connectivity index (χ3n) is 2.42. The van der Waals surface area contributed by atoms with Gasteiger partial charge in [0.25, 0.3) is 0 Å². The number of alkyl halides is 3. The molecule has 0 aromatic carbocycles. The van der Waals surface area contributed by atoms with Crippen LogP contribution in [-0.4, -0.2) is 45.9 Å². The van der Waals surface area contributed by atoms with Gasteiger partial charge in [-0.2, -0.15) is 13.2 Å². The molecule has 1 rings (SSSR count). The van der Waals surface area contributed by atoms with Gasteiger partial charge >= 0.3 is 12.2 Å². The summed E-state index contributed by atoms with van der Waals surface area (Å²) in [6.07, 6.45) is -4.20. The fourth-order valence-electron chi connectivity index (χ4n) is 1.65. The minimum Gasteiger partial charge on any atom is -0.396 e. The molecule has 0 saturated heterocycles. The highest BCUT2D eigenvalue weighted by atomic mass is 32.1. The van der Waals surface area contributed by atoms with Crippen LogP contribution in [0.2, 0.25) is 0 Å². The second-order valence-corrected chi connectivity index (χ2v) is 6.88. The van der Waals surface area contributed by atoms with Crippen LogP contribution in [0.4, 0.5) is 23.1 Å². The molecule has 0 aliphatic rings. The van der Waals surface area contributed by atoms with Crippen molar-refractivity contribution in [2.75, 3.05) is 25.0 Å². The number of amides is 2. The number of hydrogen-bond acceptors (Lipinski definition) is 5. The summed E-state index contributed by atoms with van der Waals surface area (Å²) < 4.78 is 37.3. The zero-order chi connectivity index (χ0) is 17.0. The largest absolute Gasteiger partial charge is 0.445 e. The highest BCUT2D eigenvalue weighted by molar-refractivity contribution is 7.15. The molecule has 1 aromatic rings. The molecule has 0 radical (unpaired) electrons.